The molecule has 1 heterocycles. The molecule has 0 radical (unpaired) electrons. The van der Waals surface area contributed by atoms with Crippen molar-refractivity contribution in [2.75, 3.05) is 10.0 Å². The molecule has 1 atom stereocenters. The summed E-state index contributed by atoms with van der Waals surface area (Å²) in [5.74, 6) is 0. The molecular formula is C11H13N3NaO5S3+. The molecule has 0 aliphatic carbocycles. The zero-order valence-electron chi connectivity index (χ0n) is 12.3. The van der Waals surface area contributed by atoms with E-state index < -0.39 is 25.5 Å². The van der Waals surface area contributed by atoms with Crippen molar-refractivity contribution in [3.05, 3.63) is 35.8 Å². The Morgan fingerprint density at radius 1 is 1.17 bits per heavy atom. The van der Waals surface area contributed by atoms with Crippen molar-refractivity contribution < 1.29 is 50.9 Å². The molecule has 0 spiro atoms. The zero-order valence-corrected chi connectivity index (χ0v) is 16.7. The summed E-state index contributed by atoms with van der Waals surface area (Å²) in [5, 5.41) is 3.23. The molecule has 23 heavy (non-hydrogen) atoms. The molecule has 1 aromatic carbocycles. The smallest absolute Gasteiger partial charge is 0.367 e. The second-order valence-corrected chi connectivity index (χ2v) is 8.58. The van der Waals surface area contributed by atoms with Crippen molar-refractivity contribution in [3.8, 4) is 0 Å². The first-order valence-electron chi connectivity index (χ1n) is 5.94. The Balaban J connectivity index is 0.00000264. The van der Waals surface area contributed by atoms with Crippen LogP contribution in [0.4, 0.5) is 10.8 Å². The summed E-state index contributed by atoms with van der Waals surface area (Å²) in [6.45, 7) is 1.27. The van der Waals surface area contributed by atoms with E-state index in [2.05, 4.69) is 15.0 Å². The van der Waals surface area contributed by atoms with Gasteiger partial charge in [0.05, 0.1) is 4.90 Å². The molecular weight excluding hydrogens is 373 g/mol. The fourth-order valence-corrected chi connectivity index (χ4v) is 3.56. The normalized spacial score (nSPS) is 13.0. The van der Waals surface area contributed by atoms with E-state index in [-0.39, 0.29) is 39.6 Å². The van der Waals surface area contributed by atoms with Crippen molar-refractivity contribution in [3.63, 3.8) is 0 Å². The zero-order chi connectivity index (χ0) is 16.4. The molecule has 0 fully saturated rings. The Bertz CT molecular complexity index is 836. The molecule has 2 aromatic rings. The molecule has 0 saturated carbocycles. The summed E-state index contributed by atoms with van der Waals surface area (Å²) in [7, 11) is -7.98. The Hall–Kier alpha value is -0.690. The molecule has 0 aliphatic rings. The van der Waals surface area contributed by atoms with Crippen molar-refractivity contribution in [2.24, 2.45) is 0 Å². The molecule has 0 aliphatic heterocycles. The summed E-state index contributed by atoms with van der Waals surface area (Å²) >= 11 is 1.15. The van der Waals surface area contributed by atoms with E-state index in [0.717, 1.165) is 11.3 Å². The van der Waals surface area contributed by atoms with Crippen LogP contribution in [0.2, 0.25) is 0 Å². The average molecular weight is 386 g/mol. The molecule has 120 valence electrons. The van der Waals surface area contributed by atoms with Gasteiger partial charge in [-0.15, -0.1) is 11.3 Å². The van der Waals surface area contributed by atoms with Crippen molar-refractivity contribution in [1.82, 2.24) is 4.98 Å². The number of hydrogen-bond acceptors (Lipinski definition) is 7. The van der Waals surface area contributed by atoms with E-state index >= 15 is 0 Å². The second-order valence-electron chi connectivity index (χ2n) is 4.27. The maximum atomic E-state index is 12.1. The molecule has 2 rings (SSSR count). The van der Waals surface area contributed by atoms with Crippen molar-refractivity contribution in [1.29, 1.82) is 0 Å². The first-order valence-corrected chi connectivity index (χ1v) is 9.80. The summed E-state index contributed by atoms with van der Waals surface area (Å²) in [5.41, 5.74) is 0.360. The minimum atomic E-state index is -4.22. The molecule has 1 aromatic heterocycles. The number of thiazole rings is 1. The monoisotopic (exact) mass is 386 g/mol. The van der Waals surface area contributed by atoms with Crippen LogP contribution in [0, 0.1) is 0 Å². The topological polar surface area (TPSA) is 125 Å². The van der Waals surface area contributed by atoms with Crippen LogP contribution in [0.25, 0.3) is 0 Å². The molecule has 0 amide bonds. The minimum absolute atomic E-state index is 0. The van der Waals surface area contributed by atoms with Crippen LogP contribution in [0.1, 0.15) is 6.92 Å². The maximum absolute atomic E-state index is 12.1. The number of rotatable bonds is 6. The summed E-state index contributed by atoms with van der Waals surface area (Å²) in [4.78, 5) is 3.84. The maximum Gasteiger partial charge on any atom is 1.00 e. The number of nitrogens with one attached hydrogen (secondary N) is 2. The SMILES string of the molecule is CC(Nc1ccc(S(=O)(=O)Nc2nccs2)cc1)S(=O)(=O)O.[Na+]. The van der Waals surface area contributed by atoms with E-state index in [4.69, 9.17) is 4.55 Å². The van der Waals surface area contributed by atoms with E-state index in [0.29, 0.717) is 5.69 Å². The third-order valence-electron chi connectivity index (χ3n) is 2.64. The van der Waals surface area contributed by atoms with Crippen LogP contribution in [0.15, 0.2) is 40.7 Å². The number of anilines is 2. The largest absolute Gasteiger partial charge is 1.00 e. The van der Waals surface area contributed by atoms with Crippen LogP contribution in [0.3, 0.4) is 0 Å². The van der Waals surface area contributed by atoms with Gasteiger partial charge in [-0.3, -0.25) is 9.27 Å². The Kier molecular flexibility index (Phi) is 7.01. The van der Waals surface area contributed by atoms with E-state index in [1.54, 1.807) is 5.38 Å². The Labute approximate surface area is 160 Å². The second kappa shape index (κ2) is 7.92. The van der Waals surface area contributed by atoms with Gasteiger partial charge in [0.15, 0.2) is 10.5 Å². The van der Waals surface area contributed by atoms with E-state index in [1.165, 1.54) is 37.4 Å². The van der Waals surface area contributed by atoms with E-state index in [9.17, 15) is 16.8 Å². The first kappa shape index (κ1) is 20.4. The van der Waals surface area contributed by atoms with Gasteiger partial charge in [-0.05, 0) is 31.2 Å². The quantitative estimate of drug-likeness (QED) is 0.412. The van der Waals surface area contributed by atoms with Crippen LogP contribution in [-0.2, 0) is 20.1 Å². The predicted octanol–water partition coefficient (Wildman–Crippen LogP) is -1.41. The number of nitrogens with zero attached hydrogens (tertiary/aromatic N) is 1. The number of benzene rings is 1. The number of aromatic nitrogens is 1. The molecule has 0 bridgehead atoms. The summed E-state index contributed by atoms with van der Waals surface area (Å²) in [6, 6.07) is 5.43. The molecule has 12 heteroatoms. The number of sulfonamides is 1. The fraction of sp³-hybridized carbons (Fsp3) is 0.182. The molecule has 1 unspecified atom stereocenters. The van der Waals surface area contributed by atoms with Gasteiger partial charge in [0.25, 0.3) is 20.1 Å². The van der Waals surface area contributed by atoms with Crippen molar-refractivity contribution in [2.45, 2.75) is 17.2 Å². The van der Waals surface area contributed by atoms with Gasteiger partial charge in [0, 0.05) is 17.3 Å². The standard InChI is InChI=1S/C11H13N3O5S3.Na/c1-8(22(17,18)19)13-9-2-4-10(5-3-9)21(15,16)14-11-12-6-7-20-11;/h2-8,13H,1H3,(H,12,14)(H,17,18,19);/q;+1. The van der Waals surface area contributed by atoms with Gasteiger partial charge in [-0.25, -0.2) is 13.4 Å². The third kappa shape index (κ3) is 5.71. The molecule has 0 saturated heterocycles. The van der Waals surface area contributed by atoms with Gasteiger partial charge in [-0.1, -0.05) is 0 Å². The first-order chi connectivity index (χ1) is 10.2. The van der Waals surface area contributed by atoms with Crippen LogP contribution in [-0.4, -0.2) is 31.7 Å². The number of hydrogen-bond donors (Lipinski definition) is 3. The van der Waals surface area contributed by atoms with Gasteiger partial charge in [0.2, 0.25) is 0 Å². The Morgan fingerprint density at radius 2 is 1.78 bits per heavy atom. The van der Waals surface area contributed by atoms with Crippen molar-refractivity contribution >= 4 is 42.3 Å². The summed E-state index contributed by atoms with van der Waals surface area (Å²) in [6.07, 6.45) is 1.48. The van der Waals surface area contributed by atoms with Gasteiger partial charge in [0.1, 0.15) is 0 Å². The van der Waals surface area contributed by atoms with Crippen LogP contribution >= 0.6 is 11.3 Å². The average Bonchev–Trinajstić information content (AvgIpc) is 2.90. The van der Waals surface area contributed by atoms with Crippen LogP contribution < -0.4 is 39.6 Å². The third-order valence-corrected chi connectivity index (χ3v) is 5.82. The van der Waals surface area contributed by atoms with E-state index in [1.807, 2.05) is 0 Å². The van der Waals surface area contributed by atoms with Gasteiger partial charge in [-0.2, -0.15) is 8.42 Å². The molecule has 8 nitrogen and oxygen atoms in total. The Morgan fingerprint density at radius 3 is 2.26 bits per heavy atom. The van der Waals surface area contributed by atoms with Gasteiger partial charge < -0.3 is 5.32 Å². The molecule has 3 N–H and O–H groups in total. The van der Waals surface area contributed by atoms with Gasteiger partial charge >= 0.3 is 29.6 Å². The predicted molar refractivity (Wildman–Crippen MR) is 84.0 cm³/mol. The van der Waals surface area contributed by atoms with Crippen LogP contribution in [0.5, 0.6) is 0 Å². The summed E-state index contributed by atoms with van der Waals surface area (Å²) < 4.78 is 57.2. The minimum Gasteiger partial charge on any atom is -0.367 e. The fourth-order valence-electron chi connectivity index (χ4n) is 1.49.